The van der Waals surface area contributed by atoms with E-state index in [0.29, 0.717) is 23.1 Å². The minimum Gasteiger partial charge on any atom is -0.464 e. The molecule has 2 heterocycles. The van der Waals surface area contributed by atoms with Gasteiger partial charge in [0, 0.05) is 7.05 Å². The second-order valence-electron chi connectivity index (χ2n) is 5.64. The van der Waals surface area contributed by atoms with Crippen LogP contribution in [-0.2, 0) is 17.9 Å². The van der Waals surface area contributed by atoms with Gasteiger partial charge in [-0.3, -0.25) is 19.5 Å². The zero-order chi connectivity index (χ0) is 17.3. The van der Waals surface area contributed by atoms with Gasteiger partial charge >= 0.3 is 0 Å². The van der Waals surface area contributed by atoms with Crippen LogP contribution in [0.15, 0.2) is 50.4 Å². The van der Waals surface area contributed by atoms with Crippen molar-refractivity contribution < 1.29 is 9.21 Å². The van der Waals surface area contributed by atoms with Gasteiger partial charge in [-0.1, -0.05) is 12.1 Å². The number of hydrogen-bond acceptors (Lipinski definition) is 4. The number of rotatable bonds is 4. The highest BCUT2D eigenvalue weighted by molar-refractivity contribution is 5.81. The lowest BCUT2D eigenvalue weighted by Crippen LogP contribution is -2.37. The predicted octanol–water partition coefficient (Wildman–Crippen LogP) is 1.25. The SMILES string of the molecule is Cc1ccc(CN(C)C(=O)Cn2[nH]c(=O)c3ccccc3c2=O)o1. The quantitative estimate of drug-likeness (QED) is 0.781. The molecule has 0 bridgehead atoms. The van der Waals surface area contributed by atoms with Gasteiger partial charge in [-0.2, -0.15) is 0 Å². The molecule has 0 fully saturated rings. The van der Waals surface area contributed by atoms with Gasteiger partial charge in [0.25, 0.3) is 11.1 Å². The van der Waals surface area contributed by atoms with Gasteiger partial charge in [0.2, 0.25) is 5.91 Å². The summed E-state index contributed by atoms with van der Waals surface area (Å²) in [5.41, 5.74) is -0.803. The first-order valence-electron chi connectivity index (χ1n) is 7.47. The smallest absolute Gasteiger partial charge is 0.273 e. The number of carbonyl (C=O) groups is 1. The Balaban J connectivity index is 1.84. The molecule has 3 aromatic rings. The highest BCUT2D eigenvalue weighted by Gasteiger charge is 2.14. The summed E-state index contributed by atoms with van der Waals surface area (Å²) in [7, 11) is 1.62. The molecule has 0 radical (unpaired) electrons. The number of nitrogens with zero attached hydrogens (tertiary/aromatic N) is 2. The Labute approximate surface area is 137 Å². The van der Waals surface area contributed by atoms with Crippen molar-refractivity contribution in [3.8, 4) is 0 Å². The summed E-state index contributed by atoms with van der Waals surface area (Å²) in [5.74, 6) is 1.11. The number of aromatic amines is 1. The van der Waals surface area contributed by atoms with Crippen molar-refractivity contribution >= 4 is 16.7 Å². The Morgan fingerprint density at radius 1 is 1.17 bits per heavy atom. The Kier molecular flexibility index (Phi) is 4.07. The van der Waals surface area contributed by atoms with E-state index in [-0.39, 0.29) is 12.5 Å². The summed E-state index contributed by atoms with van der Waals surface area (Å²) >= 11 is 0. The Bertz CT molecular complexity index is 1010. The van der Waals surface area contributed by atoms with E-state index in [1.54, 1.807) is 37.4 Å². The third-order valence-electron chi connectivity index (χ3n) is 3.79. The first-order chi connectivity index (χ1) is 11.5. The van der Waals surface area contributed by atoms with E-state index in [0.717, 1.165) is 10.4 Å². The van der Waals surface area contributed by atoms with E-state index in [4.69, 9.17) is 4.42 Å². The maximum absolute atomic E-state index is 12.4. The lowest BCUT2D eigenvalue weighted by molar-refractivity contribution is -0.131. The van der Waals surface area contributed by atoms with E-state index in [1.165, 1.54) is 4.90 Å². The largest absolute Gasteiger partial charge is 0.464 e. The molecule has 0 atom stereocenters. The third-order valence-corrected chi connectivity index (χ3v) is 3.79. The summed E-state index contributed by atoms with van der Waals surface area (Å²) < 4.78 is 6.47. The van der Waals surface area contributed by atoms with Crippen LogP contribution >= 0.6 is 0 Å². The number of benzene rings is 1. The van der Waals surface area contributed by atoms with E-state index >= 15 is 0 Å². The van der Waals surface area contributed by atoms with Crippen LogP contribution in [0.3, 0.4) is 0 Å². The normalized spacial score (nSPS) is 10.9. The van der Waals surface area contributed by atoms with Crippen molar-refractivity contribution in [1.82, 2.24) is 14.7 Å². The molecule has 0 unspecified atom stereocenters. The fourth-order valence-electron chi connectivity index (χ4n) is 2.51. The van der Waals surface area contributed by atoms with Crippen LogP contribution in [0, 0.1) is 6.92 Å². The van der Waals surface area contributed by atoms with E-state index in [1.807, 2.05) is 13.0 Å². The molecule has 0 spiro atoms. The monoisotopic (exact) mass is 327 g/mol. The summed E-state index contributed by atoms with van der Waals surface area (Å²) in [4.78, 5) is 38.2. The average Bonchev–Trinajstić information content (AvgIpc) is 2.97. The van der Waals surface area contributed by atoms with Gasteiger partial charge in [0.15, 0.2) is 0 Å². The van der Waals surface area contributed by atoms with Crippen LogP contribution in [0.25, 0.3) is 10.8 Å². The number of hydrogen-bond donors (Lipinski definition) is 1. The maximum Gasteiger partial charge on any atom is 0.273 e. The molecular weight excluding hydrogens is 310 g/mol. The number of fused-ring (bicyclic) bond motifs is 1. The number of carbonyl (C=O) groups excluding carboxylic acids is 1. The Morgan fingerprint density at radius 3 is 2.54 bits per heavy atom. The van der Waals surface area contributed by atoms with Crippen molar-refractivity contribution in [3.63, 3.8) is 0 Å². The van der Waals surface area contributed by atoms with E-state index in [9.17, 15) is 14.4 Å². The first-order valence-corrected chi connectivity index (χ1v) is 7.47. The number of aromatic nitrogens is 2. The van der Waals surface area contributed by atoms with Gasteiger partial charge in [-0.25, -0.2) is 4.68 Å². The van der Waals surface area contributed by atoms with Gasteiger partial charge in [0.1, 0.15) is 18.1 Å². The van der Waals surface area contributed by atoms with Crippen LogP contribution in [0.4, 0.5) is 0 Å². The fourth-order valence-corrected chi connectivity index (χ4v) is 2.51. The number of amides is 1. The average molecular weight is 327 g/mol. The van der Waals surface area contributed by atoms with E-state index < -0.39 is 11.1 Å². The van der Waals surface area contributed by atoms with Crippen molar-refractivity contribution in [3.05, 3.63) is 68.6 Å². The summed E-state index contributed by atoms with van der Waals surface area (Å²) in [6.45, 7) is 1.87. The fraction of sp³-hybridized carbons (Fsp3) is 0.235. The van der Waals surface area contributed by atoms with Crippen LogP contribution in [-0.4, -0.2) is 27.6 Å². The molecule has 2 aromatic heterocycles. The zero-order valence-electron chi connectivity index (χ0n) is 13.4. The molecule has 0 aliphatic heterocycles. The van der Waals surface area contributed by atoms with Crippen LogP contribution in [0.1, 0.15) is 11.5 Å². The summed E-state index contributed by atoms with van der Waals surface area (Å²) in [5, 5.41) is 3.05. The lowest BCUT2D eigenvalue weighted by Gasteiger charge is -2.16. The van der Waals surface area contributed by atoms with Crippen LogP contribution in [0.5, 0.6) is 0 Å². The van der Waals surface area contributed by atoms with Gasteiger partial charge in [-0.05, 0) is 31.2 Å². The third kappa shape index (κ3) is 3.01. The highest BCUT2D eigenvalue weighted by Crippen LogP contribution is 2.09. The molecule has 0 aliphatic rings. The highest BCUT2D eigenvalue weighted by atomic mass is 16.3. The molecule has 124 valence electrons. The summed E-state index contributed by atoms with van der Waals surface area (Å²) in [6, 6.07) is 10.1. The second kappa shape index (κ2) is 6.19. The number of nitrogens with one attached hydrogen (secondary N) is 1. The molecule has 1 aromatic carbocycles. The van der Waals surface area contributed by atoms with Crippen molar-refractivity contribution in [2.24, 2.45) is 0 Å². The zero-order valence-corrected chi connectivity index (χ0v) is 13.4. The predicted molar refractivity (Wildman–Crippen MR) is 88.7 cm³/mol. The van der Waals surface area contributed by atoms with Crippen LogP contribution in [0.2, 0.25) is 0 Å². The van der Waals surface area contributed by atoms with Gasteiger partial charge in [-0.15, -0.1) is 0 Å². The Hall–Kier alpha value is -3.09. The van der Waals surface area contributed by atoms with Crippen molar-refractivity contribution in [2.45, 2.75) is 20.0 Å². The van der Waals surface area contributed by atoms with E-state index in [2.05, 4.69) is 5.10 Å². The number of H-pyrrole nitrogens is 1. The first kappa shape index (κ1) is 15.8. The topological polar surface area (TPSA) is 88.3 Å². The standard InChI is InChI=1S/C17H17N3O4/c1-11-7-8-12(24-11)9-19(2)15(21)10-20-17(23)14-6-4-3-5-13(14)16(22)18-20/h3-8H,9-10H2,1-2H3,(H,18,22). The van der Waals surface area contributed by atoms with Crippen molar-refractivity contribution in [1.29, 1.82) is 0 Å². The van der Waals surface area contributed by atoms with Gasteiger partial charge < -0.3 is 9.32 Å². The second-order valence-corrected chi connectivity index (χ2v) is 5.64. The molecule has 24 heavy (non-hydrogen) atoms. The molecule has 0 saturated carbocycles. The number of aryl methyl sites for hydroxylation is 1. The molecule has 7 heteroatoms. The molecule has 1 N–H and O–H groups in total. The molecule has 3 rings (SSSR count). The minimum atomic E-state index is -0.402. The van der Waals surface area contributed by atoms with Crippen LogP contribution < -0.4 is 11.1 Å². The maximum atomic E-state index is 12.4. The molecule has 1 amide bonds. The lowest BCUT2D eigenvalue weighted by atomic mass is 10.2. The Morgan fingerprint density at radius 2 is 1.88 bits per heavy atom. The van der Waals surface area contributed by atoms with Crippen molar-refractivity contribution in [2.75, 3.05) is 7.05 Å². The minimum absolute atomic E-state index is 0.241. The van der Waals surface area contributed by atoms with Gasteiger partial charge in [0.05, 0.1) is 17.3 Å². The molecular formula is C17H17N3O4. The molecule has 7 nitrogen and oxygen atoms in total. The summed E-state index contributed by atoms with van der Waals surface area (Å²) in [6.07, 6.45) is 0. The number of likely N-dealkylation sites (N-methyl/N-ethyl adjacent to an activating group) is 1. The molecule has 0 aliphatic carbocycles. The molecule has 0 saturated heterocycles. The number of furan rings is 1.